The summed E-state index contributed by atoms with van der Waals surface area (Å²) in [5.74, 6) is 4.97. The molecule has 104 valence electrons. The number of thioether (sulfide) groups is 1. The van der Waals surface area contributed by atoms with Crippen LogP contribution in [-0.4, -0.2) is 21.6 Å². The van der Waals surface area contributed by atoms with Crippen LogP contribution in [0.4, 0.5) is 4.39 Å². The fraction of sp³-hybridized carbons (Fsp3) is 0.154. The van der Waals surface area contributed by atoms with Gasteiger partial charge in [-0.05, 0) is 25.1 Å². The number of carbonyl (C=O) groups excluding carboxylic acids is 1. The van der Waals surface area contributed by atoms with E-state index in [-0.39, 0.29) is 17.5 Å². The monoisotopic (exact) mass is 292 g/mol. The number of carbonyl (C=O) groups is 1. The topological polar surface area (TPSA) is 80.9 Å². The zero-order valence-electron chi connectivity index (χ0n) is 10.8. The minimum atomic E-state index is -0.343. The fourth-order valence-corrected chi connectivity index (χ4v) is 2.32. The van der Waals surface area contributed by atoms with Gasteiger partial charge in [0.15, 0.2) is 5.82 Å². The Hall–Kier alpha value is -1.99. The van der Waals surface area contributed by atoms with Gasteiger partial charge in [0.2, 0.25) is 5.91 Å². The molecule has 5 nitrogen and oxygen atoms in total. The number of hydrogen-bond acceptors (Lipinski definition) is 5. The summed E-state index contributed by atoms with van der Waals surface area (Å²) in [6.07, 6.45) is 0. The summed E-state index contributed by atoms with van der Waals surface area (Å²) in [5.41, 5.74) is 3.39. The van der Waals surface area contributed by atoms with E-state index in [2.05, 4.69) is 15.4 Å². The van der Waals surface area contributed by atoms with Crippen molar-refractivity contribution in [2.45, 2.75) is 11.9 Å². The molecule has 0 fully saturated rings. The lowest BCUT2D eigenvalue weighted by atomic mass is 10.2. The van der Waals surface area contributed by atoms with Crippen molar-refractivity contribution in [1.29, 1.82) is 0 Å². The summed E-state index contributed by atoms with van der Waals surface area (Å²) in [5, 5.41) is 0.639. The van der Waals surface area contributed by atoms with Gasteiger partial charge in [-0.1, -0.05) is 23.9 Å². The Kier molecular flexibility index (Phi) is 4.65. The van der Waals surface area contributed by atoms with E-state index in [4.69, 9.17) is 5.84 Å². The standard InChI is InChI=1S/C13H13FN4OS/c1-8-5-12(20-7-11(19)18-15)17-13(16-8)9-3-2-4-10(14)6-9/h2-6H,7,15H2,1H3,(H,18,19). The van der Waals surface area contributed by atoms with Crippen molar-refractivity contribution in [1.82, 2.24) is 15.4 Å². The molecule has 3 N–H and O–H groups in total. The first-order valence-electron chi connectivity index (χ1n) is 5.82. The highest BCUT2D eigenvalue weighted by Crippen LogP contribution is 2.21. The van der Waals surface area contributed by atoms with Crippen LogP contribution in [0, 0.1) is 12.7 Å². The normalized spacial score (nSPS) is 10.3. The van der Waals surface area contributed by atoms with E-state index in [1.54, 1.807) is 18.2 Å². The molecule has 0 bridgehead atoms. The molecule has 1 aromatic carbocycles. The Balaban J connectivity index is 2.26. The van der Waals surface area contributed by atoms with E-state index < -0.39 is 0 Å². The van der Waals surface area contributed by atoms with E-state index >= 15 is 0 Å². The number of benzene rings is 1. The lowest BCUT2D eigenvalue weighted by Crippen LogP contribution is -2.31. The quantitative estimate of drug-likeness (QED) is 0.294. The Bertz CT molecular complexity index is 636. The molecule has 1 heterocycles. The van der Waals surface area contributed by atoms with Gasteiger partial charge in [-0.2, -0.15) is 0 Å². The van der Waals surface area contributed by atoms with Crippen LogP contribution in [0.25, 0.3) is 11.4 Å². The number of halogens is 1. The minimum Gasteiger partial charge on any atom is -0.294 e. The number of amides is 1. The van der Waals surface area contributed by atoms with Crippen LogP contribution in [-0.2, 0) is 4.79 Å². The van der Waals surface area contributed by atoms with Crippen molar-refractivity contribution in [3.8, 4) is 11.4 Å². The summed E-state index contributed by atoms with van der Waals surface area (Å²) >= 11 is 1.24. The molecule has 0 aliphatic heterocycles. The highest BCUT2D eigenvalue weighted by molar-refractivity contribution is 7.99. The summed E-state index contributed by atoms with van der Waals surface area (Å²) in [4.78, 5) is 19.7. The first-order valence-corrected chi connectivity index (χ1v) is 6.81. The zero-order valence-corrected chi connectivity index (χ0v) is 11.6. The number of aryl methyl sites for hydroxylation is 1. The highest BCUT2D eigenvalue weighted by Gasteiger charge is 2.08. The number of nitrogens with two attached hydrogens (primary N) is 1. The van der Waals surface area contributed by atoms with Gasteiger partial charge in [-0.15, -0.1) is 0 Å². The van der Waals surface area contributed by atoms with E-state index in [0.717, 1.165) is 5.69 Å². The second kappa shape index (κ2) is 6.44. The maximum atomic E-state index is 13.2. The van der Waals surface area contributed by atoms with Crippen LogP contribution in [0.15, 0.2) is 35.4 Å². The van der Waals surface area contributed by atoms with Crippen molar-refractivity contribution < 1.29 is 9.18 Å². The van der Waals surface area contributed by atoms with Crippen LogP contribution >= 0.6 is 11.8 Å². The van der Waals surface area contributed by atoms with Gasteiger partial charge in [-0.3, -0.25) is 10.2 Å². The maximum Gasteiger partial charge on any atom is 0.244 e. The molecule has 0 radical (unpaired) electrons. The molecule has 20 heavy (non-hydrogen) atoms. The van der Waals surface area contributed by atoms with Gasteiger partial charge in [0.05, 0.1) is 5.75 Å². The molecule has 7 heteroatoms. The Labute approximate surface area is 119 Å². The van der Waals surface area contributed by atoms with Gasteiger partial charge >= 0.3 is 0 Å². The molecular formula is C13H13FN4OS. The number of rotatable bonds is 4. The smallest absolute Gasteiger partial charge is 0.244 e. The average Bonchev–Trinajstić information content (AvgIpc) is 2.44. The SMILES string of the molecule is Cc1cc(SCC(=O)NN)nc(-c2cccc(F)c2)n1. The van der Waals surface area contributed by atoms with E-state index in [1.807, 2.05) is 6.92 Å². The van der Waals surface area contributed by atoms with Crippen molar-refractivity contribution in [2.75, 3.05) is 5.75 Å². The molecule has 0 saturated carbocycles. The molecule has 0 aliphatic carbocycles. The van der Waals surface area contributed by atoms with Gasteiger partial charge in [0, 0.05) is 11.3 Å². The summed E-state index contributed by atoms with van der Waals surface area (Å²) in [7, 11) is 0. The van der Waals surface area contributed by atoms with Crippen molar-refractivity contribution >= 4 is 17.7 Å². The van der Waals surface area contributed by atoms with Crippen LogP contribution in [0.5, 0.6) is 0 Å². The molecule has 0 atom stereocenters. The number of aromatic nitrogens is 2. The first-order chi connectivity index (χ1) is 9.58. The summed E-state index contributed by atoms with van der Waals surface area (Å²) in [6.45, 7) is 1.82. The lowest BCUT2D eigenvalue weighted by molar-refractivity contribution is -0.118. The van der Waals surface area contributed by atoms with Gasteiger partial charge in [0.1, 0.15) is 10.8 Å². The lowest BCUT2D eigenvalue weighted by Gasteiger charge is -2.06. The number of nitrogens with one attached hydrogen (secondary N) is 1. The van der Waals surface area contributed by atoms with E-state index in [9.17, 15) is 9.18 Å². The average molecular weight is 292 g/mol. The molecular weight excluding hydrogens is 279 g/mol. The third-order valence-corrected chi connectivity index (χ3v) is 3.34. The molecule has 0 saturated heterocycles. The Morgan fingerprint density at radius 3 is 2.90 bits per heavy atom. The molecule has 0 aliphatic rings. The number of hydrogen-bond donors (Lipinski definition) is 2. The molecule has 2 rings (SSSR count). The van der Waals surface area contributed by atoms with Crippen LogP contribution in [0.1, 0.15) is 5.69 Å². The molecule has 2 aromatic rings. The first kappa shape index (κ1) is 14.4. The van der Waals surface area contributed by atoms with E-state index in [1.165, 1.54) is 23.9 Å². The molecule has 1 aromatic heterocycles. The van der Waals surface area contributed by atoms with Crippen molar-refractivity contribution in [3.05, 3.63) is 41.8 Å². The van der Waals surface area contributed by atoms with Crippen LogP contribution < -0.4 is 11.3 Å². The largest absolute Gasteiger partial charge is 0.294 e. The summed E-state index contributed by atoms with van der Waals surface area (Å²) < 4.78 is 13.2. The van der Waals surface area contributed by atoms with Crippen molar-refractivity contribution in [3.63, 3.8) is 0 Å². The fourth-order valence-electron chi connectivity index (χ4n) is 1.55. The molecule has 0 spiro atoms. The van der Waals surface area contributed by atoms with Crippen LogP contribution in [0.2, 0.25) is 0 Å². The predicted octanol–water partition coefficient (Wildman–Crippen LogP) is 1.67. The van der Waals surface area contributed by atoms with Gasteiger partial charge < -0.3 is 0 Å². The predicted molar refractivity (Wildman–Crippen MR) is 75.2 cm³/mol. The highest BCUT2D eigenvalue weighted by atomic mass is 32.2. The Morgan fingerprint density at radius 1 is 1.40 bits per heavy atom. The second-order valence-corrected chi connectivity index (χ2v) is 5.03. The Morgan fingerprint density at radius 2 is 2.20 bits per heavy atom. The second-order valence-electron chi connectivity index (χ2n) is 4.04. The third kappa shape index (κ3) is 3.75. The summed E-state index contributed by atoms with van der Waals surface area (Å²) in [6, 6.07) is 7.83. The number of hydrazine groups is 1. The molecule has 1 amide bonds. The van der Waals surface area contributed by atoms with E-state index in [0.29, 0.717) is 16.4 Å². The van der Waals surface area contributed by atoms with Crippen molar-refractivity contribution in [2.24, 2.45) is 5.84 Å². The molecule has 0 unspecified atom stereocenters. The number of nitrogens with zero attached hydrogens (tertiary/aromatic N) is 2. The minimum absolute atomic E-state index is 0.162. The maximum absolute atomic E-state index is 13.2. The van der Waals surface area contributed by atoms with Crippen LogP contribution in [0.3, 0.4) is 0 Å². The van der Waals surface area contributed by atoms with Gasteiger partial charge in [-0.25, -0.2) is 20.2 Å². The van der Waals surface area contributed by atoms with Gasteiger partial charge in [0.25, 0.3) is 0 Å². The zero-order chi connectivity index (χ0) is 14.5. The third-order valence-electron chi connectivity index (χ3n) is 2.43.